The second-order valence-electron chi connectivity index (χ2n) is 22.0. The lowest BCUT2D eigenvalue weighted by atomic mass is 9.93. The number of nitrogens with zero attached hydrogens (tertiary/aromatic N) is 4. The molecule has 14 rings (SSSR count). The molecule has 0 amide bonds. The van der Waals surface area contributed by atoms with Crippen LogP contribution in [0.15, 0.2) is 322 Å². The third-order valence-electron chi connectivity index (χ3n) is 16.5. The third-order valence-corrected chi connectivity index (χ3v) is 18.9. The lowest BCUT2D eigenvalue weighted by Crippen LogP contribution is -2.32. The molecule has 2 aromatic heterocycles. The molecule has 0 N–H and O–H groups in total. The molecule has 0 atom stereocenters. The van der Waals surface area contributed by atoms with E-state index in [1.807, 2.05) is 22.7 Å². The quantitative estimate of drug-likeness (QED) is 0.0901. The summed E-state index contributed by atoms with van der Waals surface area (Å²) in [5, 5.41) is 0. The smallest absolute Gasteiger partial charge is 0.0463 e. The molecule has 0 spiro atoms. The highest BCUT2D eigenvalue weighted by atomic mass is 32.1. The summed E-state index contributed by atoms with van der Waals surface area (Å²) < 4.78 is 0. The molecule has 13 aromatic rings. The molecule has 416 valence electrons. The van der Waals surface area contributed by atoms with Crippen LogP contribution in [0.1, 0.15) is 32.1 Å². The first-order valence-electron chi connectivity index (χ1n) is 29.9. The highest BCUT2D eigenvalue weighted by Gasteiger charge is 2.25. The van der Waals surface area contributed by atoms with Gasteiger partial charge in [0.15, 0.2) is 0 Å². The first kappa shape index (κ1) is 54.0. The molecule has 2 heterocycles. The van der Waals surface area contributed by atoms with Gasteiger partial charge >= 0.3 is 0 Å². The Hall–Kier alpha value is -9.98. The Labute approximate surface area is 514 Å². The van der Waals surface area contributed by atoms with Crippen molar-refractivity contribution in [3.8, 4) is 52.9 Å². The number of anilines is 11. The maximum absolute atomic E-state index is 2.60. The van der Waals surface area contributed by atoms with Crippen LogP contribution >= 0.6 is 22.7 Å². The molecule has 0 bridgehead atoms. The van der Waals surface area contributed by atoms with Crippen LogP contribution in [-0.2, 0) is 0 Å². The average Bonchev–Trinajstić information content (AvgIpc) is 3.23. The summed E-state index contributed by atoms with van der Waals surface area (Å²) in [6.07, 6.45) is 6.22. The molecule has 0 aliphatic heterocycles. The van der Waals surface area contributed by atoms with Crippen LogP contribution in [0.4, 0.5) is 62.6 Å². The van der Waals surface area contributed by atoms with E-state index in [0.717, 1.165) is 62.3 Å². The van der Waals surface area contributed by atoms with E-state index in [4.69, 9.17) is 0 Å². The predicted molar refractivity (Wildman–Crippen MR) is 369 cm³/mol. The molecule has 1 saturated carbocycles. The molecule has 6 heteroatoms. The van der Waals surface area contributed by atoms with E-state index >= 15 is 0 Å². The maximum Gasteiger partial charge on any atom is 0.0463 e. The first-order valence-corrected chi connectivity index (χ1v) is 31.5. The lowest BCUT2D eigenvalue weighted by Gasteiger charge is -2.36. The van der Waals surface area contributed by atoms with Crippen molar-refractivity contribution in [1.29, 1.82) is 0 Å². The predicted octanol–water partition coefficient (Wildman–Crippen LogP) is 24.0. The van der Waals surface area contributed by atoms with E-state index < -0.39 is 0 Å². The third kappa shape index (κ3) is 11.7. The van der Waals surface area contributed by atoms with Crippen molar-refractivity contribution in [3.63, 3.8) is 0 Å². The Morgan fingerprint density at radius 3 is 0.721 bits per heavy atom. The van der Waals surface area contributed by atoms with Crippen LogP contribution in [0.3, 0.4) is 0 Å². The van der Waals surface area contributed by atoms with Gasteiger partial charge in [-0.2, -0.15) is 0 Å². The Bertz CT molecular complexity index is 4260. The number of benzene rings is 11. The van der Waals surface area contributed by atoms with Crippen LogP contribution in [-0.4, -0.2) is 6.04 Å². The molecule has 11 aromatic carbocycles. The van der Waals surface area contributed by atoms with E-state index in [-0.39, 0.29) is 0 Å². The fourth-order valence-corrected chi connectivity index (χ4v) is 14.2. The number of para-hydroxylation sites is 3. The fraction of sp³-hybridized carbons (Fsp3) is 0.0750. The Morgan fingerprint density at radius 2 is 0.419 bits per heavy atom. The van der Waals surface area contributed by atoms with E-state index in [0.29, 0.717) is 6.04 Å². The molecule has 0 unspecified atom stereocenters. The van der Waals surface area contributed by atoms with Crippen LogP contribution in [0, 0.1) is 0 Å². The summed E-state index contributed by atoms with van der Waals surface area (Å²) >= 11 is 3.68. The van der Waals surface area contributed by atoms with Crippen molar-refractivity contribution in [3.05, 3.63) is 322 Å². The zero-order valence-corrected chi connectivity index (χ0v) is 49.5. The van der Waals surface area contributed by atoms with Gasteiger partial charge in [-0.3, -0.25) is 0 Å². The largest absolute Gasteiger partial charge is 0.338 e. The monoisotopic (exact) mass is 1140 g/mol. The van der Waals surface area contributed by atoms with Crippen molar-refractivity contribution < 1.29 is 0 Å². The highest BCUT2D eigenvalue weighted by Crippen LogP contribution is 2.44. The van der Waals surface area contributed by atoms with Crippen molar-refractivity contribution in [1.82, 2.24) is 0 Å². The highest BCUT2D eigenvalue weighted by molar-refractivity contribution is 7.19. The van der Waals surface area contributed by atoms with Crippen LogP contribution in [0.2, 0.25) is 0 Å². The van der Waals surface area contributed by atoms with E-state index in [2.05, 4.69) is 341 Å². The second kappa shape index (κ2) is 25.1. The minimum Gasteiger partial charge on any atom is -0.338 e. The van der Waals surface area contributed by atoms with Gasteiger partial charge in [-0.05, 0) is 204 Å². The topological polar surface area (TPSA) is 13.0 Å². The van der Waals surface area contributed by atoms with Crippen molar-refractivity contribution in [2.45, 2.75) is 38.1 Å². The summed E-state index contributed by atoms with van der Waals surface area (Å²) in [4.78, 5) is 14.8. The zero-order chi connectivity index (χ0) is 57.4. The minimum absolute atomic E-state index is 0.450. The summed E-state index contributed by atoms with van der Waals surface area (Å²) in [6, 6.07) is 117. The molecule has 86 heavy (non-hydrogen) atoms. The van der Waals surface area contributed by atoms with Gasteiger partial charge in [0.1, 0.15) is 0 Å². The molecule has 0 radical (unpaired) electrons. The standard InChI is InChI=1S/C80H64N4S2/c1-7-19-61(20-8-1)77-55-57-79(85-77)63-35-43-71(44-36-63)83(67-27-15-5-16-28-67)75-51-47-73(48-52-75)81(65-23-11-3-12-24-65)69-39-31-59(32-40-69)60-33-41-70(42-34-60)82(66-25-13-4-14-26-66)74-49-53-76(54-50-74)84(68-29-17-6-18-30-68)72-45-37-64(38-46-72)80-58-56-78(86-80)62-21-9-2-10-22-62/h1-5,7-16,19-28,31-58,68H,6,17-18,29-30H2. The van der Waals surface area contributed by atoms with Crippen molar-refractivity contribution in [2.75, 3.05) is 19.6 Å². The zero-order valence-electron chi connectivity index (χ0n) is 47.8. The van der Waals surface area contributed by atoms with Gasteiger partial charge in [0.25, 0.3) is 0 Å². The number of hydrogen-bond donors (Lipinski definition) is 0. The summed E-state index contributed by atoms with van der Waals surface area (Å²) in [5.74, 6) is 0. The average molecular weight is 1150 g/mol. The molecular weight excluding hydrogens is 1080 g/mol. The van der Waals surface area contributed by atoms with Gasteiger partial charge in [0, 0.05) is 88.1 Å². The van der Waals surface area contributed by atoms with E-state index in [9.17, 15) is 0 Å². The van der Waals surface area contributed by atoms with Crippen LogP contribution in [0.25, 0.3) is 52.9 Å². The van der Waals surface area contributed by atoms with Crippen molar-refractivity contribution >= 4 is 85.2 Å². The van der Waals surface area contributed by atoms with Gasteiger partial charge < -0.3 is 19.6 Å². The molecule has 4 nitrogen and oxygen atoms in total. The number of hydrogen-bond acceptors (Lipinski definition) is 6. The summed E-state index contributed by atoms with van der Waals surface area (Å²) in [7, 11) is 0. The first-order chi connectivity index (χ1) is 42.6. The van der Waals surface area contributed by atoms with Gasteiger partial charge in [-0.15, -0.1) is 22.7 Å². The maximum atomic E-state index is 2.60. The summed E-state index contributed by atoms with van der Waals surface area (Å²) in [5.41, 5.74) is 19.6. The van der Waals surface area contributed by atoms with Crippen LogP contribution in [0.5, 0.6) is 0 Å². The fourth-order valence-electron chi connectivity index (χ4n) is 12.2. The second-order valence-corrected chi connectivity index (χ2v) is 24.1. The van der Waals surface area contributed by atoms with Gasteiger partial charge in [0.05, 0.1) is 0 Å². The Kier molecular flexibility index (Phi) is 15.7. The SMILES string of the molecule is c1ccc(-c2ccc(-c3ccc(N(c4ccccc4)c4ccc(N(c5ccccc5)c5ccc(-c6ccc(N(c7ccccc7)c7ccc(N(c8ccc(-c9ccc(-c%10ccccc%10)s9)cc8)C8CCCCC8)cc7)cc6)cc5)cc4)cc3)s2)cc1. The Balaban J connectivity index is 0.710. The van der Waals surface area contributed by atoms with E-state index in [1.165, 1.54) is 85.2 Å². The molecule has 1 fully saturated rings. The molecule has 0 saturated heterocycles. The van der Waals surface area contributed by atoms with E-state index in [1.54, 1.807) is 0 Å². The summed E-state index contributed by atoms with van der Waals surface area (Å²) in [6.45, 7) is 0. The van der Waals surface area contributed by atoms with Crippen molar-refractivity contribution in [2.24, 2.45) is 0 Å². The number of rotatable bonds is 17. The number of thiophene rings is 2. The normalized spacial score (nSPS) is 12.4. The molecular formula is C80H64N4S2. The Morgan fingerprint density at radius 1 is 0.198 bits per heavy atom. The minimum atomic E-state index is 0.450. The van der Waals surface area contributed by atoms with Gasteiger partial charge in [0.2, 0.25) is 0 Å². The van der Waals surface area contributed by atoms with Gasteiger partial charge in [-0.25, -0.2) is 0 Å². The lowest BCUT2D eigenvalue weighted by molar-refractivity contribution is 0.436. The van der Waals surface area contributed by atoms with Gasteiger partial charge in [-0.1, -0.05) is 183 Å². The molecule has 1 aliphatic rings. The van der Waals surface area contributed by atoms with Crippen LogP contribution < -0.4 is 19.6 Å². The molecule has 1 aliphatic carbocycles.